The molecule has 0 N–H and O–H groups in total. The molecule has 0 unspecified atom stereocenters. The fourth-order valence-corrected chi connectivity index (χ4v) is 3.65. The second-order valence-electron chi connectivity index (χ2n) is 6.06. The lowest BCUT2D eigenvalue weighted by Crippen LogP contribution is -2.36. The topological polar surface area (TPSA) is 55.6 Å². The van der Waals surface area contributed by atoms with Gasteiger partial charge in [-0.25, -0.2) is 4.98 Å². The lowest BCUT2D eigenvalue weighted by Gasteiger charge is -2.23. The molecule has 0 aliphatic carbocycles. The van der Waals surface area contributed by atoms with Crippen molar-refractivity contribution in [1.29, 1.82) is 0 Å². The Kier molecular flexibility index (Phi) is 4.32. The Bertz CT molecular complexity index is 828. The van der Waals surface area contributed by atoms with Crippen LogP contribution in [-0.4, -0.2) is 42.1 Å². The predicted octanol–water partition coefficient (Wildman–Crippen LogP) is 3.22. The Labute approximate surface area is 143 Å². The average Bonchev–Trinajstić information content (AvgIpc) is 3.23. The monoisotopic (exact) mass is 342 g/mol. The largest absolute Gasteiger partial charge is 0.464 e. The fraction of sp³-hybridized carbons (Fsp3) is 0.333. The number of carbonyl (C=O) groups excluding carboxylic acids is 1. The number of furan rings is 1. The summed E-state index contributed by atoms with van der Waals surface area (Å²) in [6.07, 6.45) is 2.56. The molecule has 6 heteroatoms. The van der Waals surface area contributed by atoms with E-state index in [9.17, 15) is 4.79 Å². The summed E-state index contributed by atoms with van der Waals surface area (Å²) in [6.45, 7) is 2.54. The zero-order valence-electron chi connectivity index (χ0n) is 13.2. The number of hydrogen-bond acceptors (Lipinski definition) is 5. The maximum atomic E-state index is 12.6. The van der Waals surface area contributed by atoms with Crippen LogP contribution in [-0.2, 0) is 11.2 Å². The van der Waals surface area contributed by atoms with Gasteiger partial charge in [0, 0.05) is 29.8 Å². The van der Waals surface area contributed by atoms with Crippen LogP contribution in [0.4, 0.5) is 0 Å². The SMILES string of the molecule is O=C(c1cscn1)N1CCOC[C@H](Cc2ccc3ccoc3c2)C1. The van der Waals surface area contributed by atoms with Gasteiger partial charge in [-0.3, -0.25) is 4.79 Å². The van der Waals surface area contributed by atoms with Crippen LogP contribution in [0.1, 0.15) is 16.1 Å². The van der Waals surface area contributed by atoms with Gasteiger partial charge in [0.05, 0.1) is 25.0 Å². The molecular weight excluding hydrogens is 324 g/mol. The predicted molar refractivity (Wildman–Crippen MR) is 92.2 cm³/mol. The Morgan fingerprint density at radius 2 is 2.33 bits per heavy atom. The van der Waals surface area contributed by atoms with Gasteiger partial charge in [0.25, 0.3) is 5.91 Å². The molecule has 1 amide bonds. The summed E-state index contributed by atoms with van der Waals surface area (Å²) < 4.78 is 11.2. The molecule has 4 rings (SSSR count). The van der Waals surface area contributed by atoms with E-state index in [0.717, 1.165) is 17.4 Å². The van der Waals surface area contributed by atoms with Crippen molar-refractivity contribution in [3.63, 3.8) is 0 Å². The van der Waals surface area contributed by atoms with E-state index < -0.39 is 0 Å². The molecule has 2 aromatic heterocycles. The summed E-state index contributed by atoms with van der Waals surface area (Å²) in [5.41, 5.74) is 4.32. The first-order valence-electron chi connectivity index (χ1n) is 8.01. The van der Waals surface area contributed by atoms with Crippen LogP contribution in [0.15, 0.2) is 45.8 Å². The Morgan fingerprint density at radius 3 is 3.21 bits per heavy atom. The smallest absolute Gasteiger partial charge is 0.273 e. The van der Waals surface area contributed by atoms with Crippen molar-refractivity contribution in [2.45, 2.75) is 6.42 Å². The van der Waals surface area contributed by atoms with Gasteiger partial charge >= 0.3 is 0 Å². The Balaban J connectivity index is 1.48. The highest BCUT2D eigenvalue weighted by Crippen LogP contribution is 2.21. The van der Waals surface area contributed by atoms with Crippen LogP contribution >= 0.6 is 11.3 Å². The van der Waals surface area contributed by atoms with Gasteiger partial charge in [0.15, 0.2) is 0 Å². The van der Waals surface area contributed by atoms with E-state index in [-0.39, 0.29) is 11.8 Å². The molecule has 3 aromatic rings. The van der Waals surface area contributed by atoms with Crippen molar-refractivity contribution in [2.24, 2.45) is 5.92 Å². The highest BCUT2D eigenvalue weighted by molar-refractivity contribution is 7.07. The summed E-state index contributed by atoms with van der Waals surface area (Å²) >= 11 is 1.44. The molecular formula is C18H18N2O3S. The molecule has 1 fully saturated rings. The van der Waals surface area contributed by atoms with Gasteiger partial charge in [-0.05, 0) is 24.1 Å². The molecule has 1 saturated heterocycles. The van der Waals surface area contributed by atoms with E-state index in [1.165, 1.54) is 16.9 Å². The van der Waals surface area contributed by atoms with E-state index in [4.69, 9.17) is 9.15 Å². The third kappa shape index (κ3) is 3.20. The minimum atomic E-state index is -0.00626. The van der Waals surface area contributed by atoms with Crippen LogP contribution < -0.4 is 0 Å². The number of carbonyl (C=O) groups is 1. The van der Waals surface area contributed by atoms with E-state index >= 15 is 0 Å². The molecule has 1 aliphatic rings. The van der Waals surface area contributed by atoms with E-state index in [1.807, 2.05) is 11.0 Å². The van der Waals surface area contributed by atoms with Gasteiger partial charge in [-0.2, -0.15) is 0 Å². The van der Waals surface area contributed by atoms with Gasteiger partial charge in [0.1, 0.15) is 11.3 Å². The second kappa shape index (κ2) is 6.75. The molecule has 5 nitrogen and oxygen atoms in total. The van der Waals surface area contributed by atoms with Crippen molar-refractivity contribution in [2.75, 3.05) is 26.3 Å². The first kappa shape index (κ1) is 15.4. The molecule has 0 spiro atoms. The van der Waals surface area contributed by atoms with Gasteiger partial charge < -0.3 is 14.1 Å². The molecule has 1 aromatic carbocycles. The molecule has 1 atom stereocenters. The number of rotatable bonds is 3. The number of nitrogens with zero attached hydrogens (tertiary/aromatic N) is 2. The van der Waals surface area contributed by atoms with Crippen LogP contribution in [0.25, 0.3) is 11.0 Å². The van der Waals surface area contributed by atoms with Crippen molar-refractivity contribution in [3.8, 4) is 0 Å². The zero-order chi connectivity index (χ0) is 16.4. The number of thiazole rings is 1. The molecule has 0 saturated carbocycles. The lowest BCUT2D eigenvalue weighted by molar-refractivity contribution is 0.0732. The Morgan fingerprint density at radius 1 is 1.38 bits per heavy atom. The van der Waals surface area contributed by atoms with E-state index in [0.29, 0.717) is 32.0 Å². The number of aromatic nitrogens is 1. The molecule has 124 valence electrons. The van der Waals surface area contributed by atoms with Crippen LogP contribution in [0.2, 0.25) is 0 Å². The molecule has 0 bridgehead atoms. The second-order valence-corrected chi connectivity index (χ2v) is 6.78. The molecule has 24 heavy (non-hydrogen) atoms. The van der Waals surface area contributed by atoms with Crippen LogP contribution in [0, 0.1) is 5.92 Å². The number of fused-ring (bicyclic) bond motifs is 1. The summed E-state index contributed by atoms with van der Waals surface area (Å²) in [6, 6.07) is 8.23. The minimum Gasteiger partial charge on any atom is -0.464 e. The Hall–Kier alpha value is -2.18. The molecule has 3 heterocycles. The average molecular weight is 342 g/mol. The van der Waals surface area contributed by atoms with Crippen molar-refractivity contribution in [1.82, 2.24) is 9.88 Å². The number of benzene rings is 1. The summed E-state index contributed by atoms with van der Waals surface area (Å²) in [7, 11) is 0. The van der Waals surface area contributed by atoms with Gasteiger partial charge in [0.2, 0.25) is 0 Å². The maximum Gasteiger partial charge on any atom is 0.273 e. The summed E-state index contributed by atoms with van der Waals surface area (Å²) in [5, 5.41) is 2.91. The normalized spacial score (nSPS) is 18.7. The van der Waals surface area contributed by atoms with Crippen molar-refractivity contribution < 1.29 is 13.9 Å². The number of amides is 1. The van der Waals surface area contributed by atoms with E-state index in [1.54, 1.807) is 17.2 Å². The first-order chi connectivity index (χ1) is 11.8. The first-order valence-corrected chi connectivity index (χ1v) is 8.95. The number of ether oxygens (including phenoxy) is 1. The van der Waals surface area contributed by atoms with Crippen molar-refractivity contribution in [3.05, 3.63) is 52.7 Å². The third-order valence-electron chi connectivity index (χ3n) is 4.32. The van der Waals surface area contributed by atoms with Crippen LogP contribution in [0.3, 0.4) is 0 Å². The van der Waals surface area contributed by atoms with E-state index in [2.05, 4.69) is 23.2 Å². The summed E-state index contributed by atoms with van der Waals surface area (Å²) in [5.74, 6) is 0.260. The zero-order valence-corrected chi connectivity index (χ0v) is 14.0. The lowest BCUT2D eigenvalue weighted by atomic mass is 9.99. The minimum absolute atomic E-state index is 0.00626. The highest BCUT2D eigenvalue weighted by Gasteiger charge is 2.24. The number of hydrogen-bond donors (Lipinski definition) is 0. The van der Waals surface area contributed by atoms with Gasteiger partial charge in [-0.1, -0.05) is 12.1 Å². The quantitative estimate of drug-likeness (QED) is 0.733. The highest BCUT2D eigenvalue weighted by atomic mass is 32.1. The maximum absolute atomic E-state index is 12.6. The van der Waals surface area contributed by atoms with Gasteiger partial charge in [-0.15, -0.1) is 11.3 Å². The van der Waals surface area contributed by atoms with Crippen molar-refractivity contribution >= 4 is 28.2 Å². The third-order valence-corrected chi connectivity index (χ3v) is 4.91. The standard InChI is InChI=1S/C18H18N2O3S/c21-18(16-11-24-12-19-16)20-4-6-22-10-14(9-20)7-13-1-2-15-3-5-23-17(15)8-13/h1-3,5,8,11-12,14H,4,6-7,9-10H2/t14-/m1/s1. The fourth-order valence-electron chi connectivity index (χ4n) is 3.13. The molecule has 1 aliphatic heterocycles. The molecule has 0 radical (unpaired) electrons. The summed E-state index contributed by atoms with van der Waals surface area (Å²) in [4.78, 5) is 18.5. The van der Waals surface area contributed by atoms with Crippen LogP contribution in [0.5, 0.6) is 0 Å².